The molecule has 3 rings (SSSR count). The van der Waals surface area contributed by atoms with Gasteiger partial charge in [-0.25, -0.2) is 0 Å². The van der Waals surface area contributed by atoms with Crippen molar-refractivity contribution in [1.29, 1.82) is 0 Å². The summed E-state index contributed by atoms with van der Waals surface area (Å²) in [6, 6.07) is 17.5. The minimum atomic E-state index is -0.424. The summed E-state index contributed by atoms with van der Waals surface area (Å²) in [7, 11) is 0. The normalized spacial score (nSPS) is 10.6. The van der Waals surface area contributed by atoms with Crippen LogP contribution in [0, 0.1) is 0 Å². The van der Waals surface area contributed by atoms with Gasteiger partial charge in [0.1, 0.15) is 5.76 Å². The van der Waals surface area contributed by atoms with Gasteiger partial charge < -0.3 is 15.1 Å². The van der Waals surface area contributed by atoms with Gasteiger partial charge in [-0.2, -0.15) is 0 Å². The van der Waals surface area contributed by atoms with Crippen molar-refractivity contribution in [3.05, 3.63) is 94.9 Å². The van der Waals surface area contributed by atoms with Crippen LogP contribution in [0.3, 0.4) is 0 Å². The van der Waals surface area contributed by atoms with E-state index in [1.54, 1.807) is 60.7 Å². The average Bonchev–Trinajstić information content (AvgIpc) is 3.25. The standard InChI is InChI=1S/C22H18ClN3O3S/c23-18-9-3-1-6-15(18)11-12-20(27)26-22(30)25-19-10-4-2-8-17(19)21(28)24-14-16-7-5-13-29-16/h1-13H,14H2,(H,24,28)(H2,25,26,27,30)/b12-11+. The summed E-state index contributed by atoms with van der Waals surface area (Å²) in [5.74, 6) is -0.0868. The highest BCUT2D eigenvalue weighted by molar-refractivity contribution is 7.80. The summed E-state index contributed by atoms with van der Waals surface area (Å²) < 4.78 is 5.21. The Balaban J connectivity index is 1.59. The van der Waals surface area contributed by atoms with E-state index in [-0.39, 0.29) is 17.6 Å². The lowest BCUT2D eigenvalue weighted by molar-refractivity contribution is -0.115. The molecule has 8 heteroatoms. The van der Waals surface area contributed by atoms with Crippen LogP contribution in [0.15, 0.2) is 77.4 Å². The minimum absolute atomic E-state index is 0.0649. The number of thiocarbonyl (C=S) groups is 1. The molecule has 0 saturated carbocycles. The van der Waals surface area contributed by atoms with Crippen LogP contribution < -0.4 is 16.0 Å². The van der Waals surface area contributed by atoms with Gasteiger partial charge in [0.25, 0.3) is 5.91 Å². The van der Waals surface area contributed by atoms with Crippen molar-refractivity contribution in [1.82, 2.24) is 10.6 Å². The van der Waals surface area contributed by atoms with E-state index in [9.17, 15) is 9.59 Å². The number of carbonyl (C=O) groups excluding carboxylic acids is 2. The van der Waals surface area contributed by atoms with Gasteiger partial charge in [-0.3, -0.25) is 14.9 Å². The summed E-state index contributed by atoms with van der Waals surface area (Å²) in [4.78, 5) is 24.6. The highest BCUT2D eigenvalue weighted by atomic mass is 35.5. The molecule has 0 bridgehead atoms. The predicted octanol–water partition coefficient (Wildman–Crippen LogP) is 4.39. The van der Waals surface area contributed by atoms with Crippen LogP contribution in [0.4, 0.5) is 5.69 Å². The van der Waals surface area contributed by atoms with Gasteiger partial charge >= 0.3 is 0 Å². The van der Waals surface area contributed by atoms with Gasteiger partial charge in [0.05, 0.1) is 24.1 Å². The van der Waals surface area contributed by atoms with Crippen molar-refractivity contribution >= 4 is 52.5 Å². The van der Waals surface area contributed by atoms with E-state index in [1.165, 1.54) is 12.3 Å². The van der Waals surface area contributed by atoms with Crippen LogP contribution in [0.1, 0.15) is 21.7 Å². The second-order valence-corrected chi connectivity index (χ2v) is 6.92. The fourth-order valence-corrected chi connectivity index (χ4v) is 2.96. The maximum Gasteiger partial charge on any atom is 0.253 e. The molecule has 2 aromatic carbocycles. The number of benzene rings is 2. The topological polar surface area (TPSA) is 83.4 Å². The third kappa shape index (κ3) is 6.04. The second-order valence-electron chi connectivity index (χ2n) is 6.11. The van der Waals surface area contributed by atoms with Gasteiger partial charge in [-0.05, 0) is 54.2 Å². The number of para-hydroxylation sites is 1. The Morgan fingerprint density at radius 3 is 2.57 bits per heavy atom. The molecule has 6 nitrogen and oxygen atoms in total. The van der Waals surface area contributed by atoms with Crippen LogP contribution in [-0.4, -0.2) is 16.9 Å². The maximum atomic E-state index is 12.5. The smallest absolute Gasteiger partial charge is 0.253 e. The Kier molecular flexibility index (Phi) is 7.37. The van der Waals surface area contributed by atoms with Gasteiger partial charge in [0, 0.05) is 11.1 Å². The molecule has 2 amide bonds. The molecule has 0 fully saturated rings. The summed E-state index contributed by atoms with van der Waals surface area (Å²) in [5.41, 5.74) is 1.56. The lowest BCUT2D eigenvalue weighted by Gasteiger charge is -2.12. The van der Waals surface area contributed by atoms with Crippen molar-refractivity contribution in [2.24, 2.45) is 0 Å². The number of carbonyl (C=O) groups is 2. The number of amides is 2. The molecule has 0 spiro atoms. The molecular formula is C22H18ClN3O3S. The zero-order chi connectivity index (χ0) is 21.3. The molecule has 30 heavy (non-hydrogen) atoms. The first-order chi connectivity index (χ1) is 14.5. The SMILES string of the molecule is O=C(/C=C/c1ccccc1Cl)NC(=S)Nc1ccccc1C(=O)NCc1ccco1. The number of hydrogen-bond acceptors (Lipinski definition) is 4. The van der Waals surface area contributed by atoms with Crippen molar-refractivity contribution in [3.8, 4) is 0 Å². The molecule has 1 aromatic heterocycles. The molecule has 0 radical (unpaired) electrons. The van der Waals surface area contributed by atoms with Gasteiger partial charge in [-0.1, -0.05) is 41.9 Å². The Bertz CT molecular complexity index is 1080. The van der Waals surface area contributed by atoms with E-state index < -0.39 is 5.91 Å². The van der Waals surface area contributed by atoms with Crippen molar-refractivity contribution in [2.45, 2.75) is 6.54 Å². The molecule has 3 N–H and O–H groups in total. The van der Waals surface area contributed by atoms with E-state index in [0.717, 1.165) is 0 Å². The van der Waals surface area contributed by atoms with E-state index in [2.05, 4.69) is 16.0 Å². The number of anilines is 1. The zero-order valence-electron chi connectivity index (χ0n) is 15.7. The van der Waals surface area contributed by atoms with Gasteiger partial charge in [0.2, 0.25) is 5.91 Å². The number of rotatable bonds is 6. The summed E-state index contributed by atoms with van der Waals surface area (Å²) >= 11 is 11.3. The lowest BCUT2D eigenvalue weighted by Crippen LogP contribution is -2.33. The van der Waals surface area contributed by atoms with Crippen molar-refractivity contribution in [2.75, 3.05) is 5.32 Å². The third-order valence-corrected chi connectivity index (χ3v) is 4.53. The van der Waals surface area contributed by atoms with Gasteiger partial charge in [-0.15, -0.1) is 0 Å². The highest BCUT2D eigenvalue weighted by Crippen LogP contribution is 2.17. The monoisotopic (exact) mass is 439 g/mol. The first-order valence-corrected chi connectivity index (χ1v) is 9.76. The van der Waals surface area contributed by atoms with Crippen LogP contribution in [0.5, 0.6) is 0 Å². The zero-order valence-corrected chi connectivity index (χ0v) is 17.3. The highest BCUT2D eigenvalue weighted by Gasteiger charge is 2.13. The number of nitrogens with one attached hydrogen (secondary N) is 3. The van der Waals surface area contributed by atoms with E-state index in [4.69, 9.17) is 28.2 Å². The Morgan fingerprint density at radius 2 is 1.80 bits per heavy atom. The number of furan rings is 1. The molecule has 152 valence electrons. The first-order valence-electron chi connectivity index (χ1n) is 8.97. The number of hydrogen-bond donors (Lipinski definition) is 3. The lowest BCUT2D eigenvalue weighted by atomic mass is 10.1. The Labute approximate surface area is 183 Å². The summed E-state index contributed by atoms with van der Waals surface area (Å²) in [6.45, 7) is 0.258. The Morgan fingerprint density at radius 1 is 1.03 bits per heavy atom. The minimum Gasteiger partial charge on any atom is -0.467 e. The quantitative estimate of drug-likeness (QED) is 0.392. The molecule has 0 atom stereocenters. The van der Waals surface area contributed by atoms with Crippen molar-refractivity contribution in [3.63, 3.8) is 0 Å². The fraction of sp³-hybridized carbons (Fsp3) is 0.0455. The maximum absolute atomic E-state index is 12.5. The molecule has 0 saturated heterocycles. The molecule has 0 aliphatic carbocycles. The van der Waals surface area contributed by atoms with Crippen LogP contribution in [0.25, 0.3) is 6.08 Å². The largest absolute Gasteiger partial charge is 0.467 e. The summed E-state index contributed by atoms with van der Waals surface area (Å²) in [6.07, 6.45) is 4.46. The van der Waals surface area contributed by atoms with E-state index in [1.807, 2.05) is 6.07 Å². The van der Waals surface area contributed by atoms with E-state index in [0.29, 0.717) is 27.6 Å². The molecular weight excluding hydrogens is 422 g/mol. The van der Waals surface area contributed by atoms with E-state index >= 15 is 0 Å². The Hall–Kier alpha value is -3.42. The molecule has 3 aromatic rings. The van der Waals surface area contributed by atoms with Gasteiger partial charge in [0.15, 0.2) is 5.11 Å². The third-order valence-electron chi connectivity index (χ3n) is 3.98. The van der Waals surface area contributed by atoms with Crippen LogP contribution in [0.2, 0.25) is 5.02 Å². The fourth-order valence-electron chi connectivity index (χ4n) is 2.55. The molecule has 1 heterocycles. The first kappa shape index (κ1) is 21.3. The summed E-state index contributed by atoms with van der Waals surface area (Å²) in [5, 5.41) is 8.80. The average molecular weight is 440 g/mol. The second kappa shape index (κ2) is 10.4. The van der Waals surface area contributed by atoms with Crippen LogP contribution >= 0.6 is 23.8 Å². The molecule has 0 unspecified atom stereocenters. The van der Waals surface area contributed by atoms with Crippen LogP contribution in [-0.2, 0) is 11.3 Å². The number of halogens is 1. The molecule has 0 aliphatic heterocycles. The molecule has 0 aliphatic rings. The van der Waals surface area contributed by atoms with Crippen molar-refractivity contribution < 1.29 is 14.0 Å². The predicted molar refractivity (Wildman–Crippen MR) is 121 cm³/mol.